The van der Waals surface area contributed by atoms with E-state index in [1.165, 1.54) is 6.42 Å². The van der Waals surface area contributed by atoms with Crippen LogP contribution in [0.25, 0.3) is 0 Å². The van der Waals surface area contributed by atoms with Crippen LogP contribution < -0.4 is 5.32 Å². The molecule has 0 aromatic carbocycles. The highest BCUT2D eigenvalue weighted by molar-refractivity contribution is 7.99. The molecule has 50 valence electrons. The Morgan fingerprint density at radius 2 is 2.12 bits per heavy atom. The molecule has 0 aliphatic carbocycles. The number of thioether (sulfide) groups is 1. The maximum Gasteiger partial charge on any atom is 0.0608 e. The van der Waals surface area contributed by atoms with E-state index >= 15 is 0 Å². The lowest BCUT2D eigenvalue weighted by Gasteiger charge is -2.24. The minimum atomic E-state index is 0.292. The van der Waals surface area contributed by atoms with Gasteiger partial charge in [-0.3, -0.25) is 0 Å². The Bertz CT molecular complexity index is 51.3. The van der Waals surface area contributed by atoms with Crippen LogP contribution in [0.3, 0.4) is 0 Å². The Morgan fingerprint density at radius 3 is 2.12 bits per heavy atom. The minimum absolute atomic E-state index is 0.292. The standard InChI is InChI=1S/C6H15NS/c1-5-6(2,7-3)8-4/h7H,5H2,1-4H3. The van der Waals surface area contributed by atoms with Gasteiger partial charge in [-0.25, -0.2) is 0 Å². The van der Waals surface area contributed by atoms with Gasteiger partial charge in [-0.1, -0.05) is 6.92 Å². The highest BCUT2D eigenvalue weighted by Gasteiger charge is 2.15. The molecule has 0 bridgehead atoms. The molecule has 1 atom stereocenters. The molecule has 0 radical (unpaired) electrons. The van der Waals surface area contributed by atoms with Gasteiger partial charge in [-0.2, -0.15) is 0 Å². The molecule has 0 saturated carbocycles. The molecule has 1 nitrogen and oxygen atoms in total. The van der Waals surface area contributed by atoms with Gasteiger partial charge in [0.05, 0.1) is 4.87 Å². The van der Waals surface area contributed by atoms with E-state index in [1.54, 1.807) is 0 Å². The van der Waals surface area contributed by atoms with Crippen molar-refractivity contribution < 1.29 is 0 Å². The molecule has 2 heteroatoms. The molecule has 0 aliphatic heterocycles. The van der Waals surface area contributed by atoms with Crippen molar-refractivity contribution in [2.75, 3.05) is 13.3 Å². The minimum Gasteiger partial charge on any atom is -0.306 e. The van der Waals surface area contributed by atoms with Gasteiger partial charge in [0.1, 0.15) is 0 Å². The van der Waals surface area contributed by atoms with Gasteiger partial charge in [0.25, 0.3) is 0 Å². The fourth-order valence-corrected chi connectivity index (χ4v) is 0.916. The number of hydrogen-bond donors (Lipinski definition) is 1. The Balaban J connectivity index is 3.58. The lowest BCUT2D eigenvalue weighted by molar-refractivity contribution is 0.539. The summed E-state index contributed by atoms with van der Waals surface area (Å²) in [6, 6.07) is 0. The summed E-state index contributed by atoms with van der Waals surface area (Å²) in [4.78, 5) is 0.292. The highest BCUT2D eigenvalue weighted by atomic mass is 32.2. The molecule has 1 unspecified atom stereocenters. The largest absolute Gasteiger partial charge is 0.306 e. The zero-order valence-electron chi connectivity index (χ0n) is 6.12. The Hall–Kier alpha value is 0.310. The SMILES string of the molecule is CCC(C)(NC)SC. The average Bonchev–Trinajstić information content (AvgIpc) is 1.87. The van der Waals surface area contributed by atoms with E-state index in [4.69, 9.17) is 0 Å². The lowest BCUT2D eigenvalue weighted by Crippen LogP contribution is -2.34. The molecule has 0 heterocycles. The van der Waals surface area contributed by atoms with Gasteiger partial charge in [0.15, 0.2) is 0 Å². The van der Waals surface area contributed by atoms with Crippen LogP contribution in [0.1, 0.15) is 20.3 Å². The second-order valence-corrected chi connectivity index (χ2v) is 3.35. The van der Waals surface area contributed by atoms with Crippen molar-refractivity contribution in [3.8, 4) is 0 Å². The summed E-state index contributed by atoms with van der Waals surface area (Å²) in [7, 11) is 2.00. The van der Waals surface area contributed by atoms with E-state index in [9.17, 15) is 0 Å². The Labute approximate surface area is 56.2 Å². The van der Waals surface area contributed by atoms with Crippen molar-refractivity contribution in [2.24, 2.45) is 0 Å². The highest BCUT2D eigenvalue weighted by Crippen LogP contribution is 2.20. The zero-order valence-corrected chi connectivity index (χ0v) is 6.93. The van der Waals surface area contributed by atoms with Crippen LogP contribution in [-0.2, 0) is 0 Å². The topological polar surface area (TPSA) is 12.0 Å². The van der Waals surface area contributed by atoms with Crippen LogP contribution in [-0.4, -0.2) is 18.2 Å². The van der Waals surface area contributed by atoms with E-state index < -0.39 is 0 Å². The normalized spacial score (nSPS) is 18.0. The summed E-state index contributed by atoms with van der Waals surface area (Å²) in [6.45, 7) is 4.39. The maximum atomic E-state index is 3.24. The summed E-state index contributed by atoms with van der Waals surface area (Å²) in [5.41, 5.74) is 0. The smallest absolute Gasteiger partial charge is 0.0608 e. The summed E-state index contributed by atoms with van der Waals surface area (Å²) in [6.07, 6.45) is 3.30. The van der Waals surface area contributed by atoms with Crippen LogP contribution >= 0.6 is 11.8 Å². The van der Waals surface area contributed by atoms with Gasteiger partial charge in [-0.05, 0) is 26.6 Å². The van der Waals surface area contributed by atoms with Gasteiger partial charge in [0.2, 0.25) is 0 Å². The van der Waals surface area contributed by atoms with E-state index in [0.29, 0.717) is 4.87 Å². The predicted molar refractivity (Wildman–Crippen MR) is 41.3 cm³/mol. The third-order valence-electron chi connectivity index (χ3n) is 1.65. The molecule has 1 N–H and O–H groups in total. The van der Waals surface area contributed by atoms with Crippen LogP contribution in [0.5, 0.6) is 0 Å². The molecule has 0 rings (SSSR count). The molecule has 0 aromatic heterocycles. The van der Waals surface area contributed by atoms with Crippen LogP contribution in [0.4, 0.5) is 0 Å². The predicted octanol–water partition coefficient (Wildman–Crippen LogP) is 1.70. The van der Waals surface area contributed by atoms with E-state index in [0.717, 1.165) is 0 Å². The monoisotopic (exact) mass is 133 g/mol. The first-order chi connectivity index (χ1) is 3.68. The van der Waals surface area contributed by atoms with E-state index in [1.807, 2.05) is 18.8 Å². The molecule has 0 aromatic rings. The quantitative estimate of drug-likeness (QED) is 0.588. The van der Waals surface area contributed by atoms with Gasteiger partial charge in [-0.15, -0.1) is 11.8 Å². The van der Waals surface area contributed by atoms with Crippen LogP contribution in [0.2, 0.25) is 0 Å². The van der Waals surface area contributed by atoms with Crippen molar-refractivity contribution in [1.82, 2.24) is 5.32 Å². The van der Waals surface area contributed by atoms with Crippen molar-refractivity contribution in [3.63, 3.8) is 0 Å². The molecule has 0 spiro atoms. The number of rotatable bonds is 3. The molecular weight excluding hydrogens is 118 g/mol. The molecule has 8 heavy (non-hydrogen) atoms. The third-order valence-corrected chi connectivity index (χ3v) is 3.05. The molecular formula is C6H15NS. The second kappa shape index (κ2) is 3.36. The molecule has 0 amide bonds. The summed E-state index contributed by atoms with van der Waals surface area (Å²) >= 11 is 1.86. The Morgan fingerprint density at radius 1 is 1.62 bits per heavy atom. The number of hydrogen-bond acceptors (Lipinski definition) is 2. The average molecular weight is 133 g/mol. The van der Waals surface area contributed by atoms with Gasteiger partial charge in [0, 0.05) is 0 Å². The maximum absolute atomic E-state index is 3.24. The van der Waals surface area contributed by atoms with Crippen LogP contribution in [0, 0.1) is 0 Å². The zero-order chi connectivity index (χ0) is 6.62. The summed E-state index contributed by atoms with van der Waals surface area (Å²) < 4.78 is 0. The first kappa shape index (κ1) is 8.31. The van der Waals surface area contributed by atoms with E-state index in [2.05, 4.69) is 25.4 Å². The molecule has 0 saturated heterocycles. The molecule has 0 fully saturated rings. The first-order valence-corrected chi connectivity index (χ1v) is 4.15. The summed E-state index contributed by atoms with van der Waals surface area (Å²) in [5, 5.41) is 3.24. The lowest BCUT2D eigenvalue weighted by atomic mass is 10.2. The van der Waals surface area contributed by atoms with Crippen molar-refractivity contribution in [2.45, 2.75) is 25.1 Å². The molecule has 0 aliphatic rings. The second-order valence-electron chi connectivity index (χ2n) is 2.04. The fraction of sp³-hybridized carbons (Fsp3) is 1.00. The van der Waals surface area contributed by atoms with Gasteiger partial charge < -0.3 is 5.32 Å². The third kappa shape index (κ3) is 2.05. The van der Waals surface area contributed by atoms with Crippen molar-refractivity contribution in [3.05, 3.63) is 0 Å². The first-order valence-electron chi connectivity index (χ1n) is 2.92. The fourth-order valence-electron chi connectivity index (χ4n) is 0.423. The Kier molecular flexibility index (Phi) is 3.49. The number of nitrogens with one attached hydrogen (secondary N) is 1. The van der Waals surface area contributed by atoms with Crippen molar-refractivity contribution in [1.29, 1.82) is 0 Å². The van der Waals surface area contributed by atoms with Gasteiger partial charge >= 0.3 is 0 Å². The van der Waals surface area contributed by atoms with E-state index in [-0.39, 0.29) is 0 Å². The summed E-state index contributed by atoms with van der Waals surface area (Å²) in [5.74, 6) is 0. The van der Waals surface area contributed by atoms with Crippen LogP contribution in [0.15, 0.2) is 0 Å². The van der Waals surface area contributed by atoms with Crippen molar-refractivity contribution >= 4 is 11.8 Å².